The molecule has 0 unspecified atom stereocenters. The molecule has 0 spiro atoms. The highest BCUT2D eigenvalue weighted by atomic mass is 16.3. The summed E-state index contributed by atoms with van der Waals surface area (Å²) in [6.45, 7) is 3.05. The molecule has 2 aromatic rings. The Kier molecular flexibility index (Phi) is 5.91. The highest BCUT2D eigenvalue weighted by Crippen LogP contribution is 2.07. The van der Waals surface area contributed by atoms with Crippen molar-refractivity contribution in [1.82, 2.24) is 15.2 Å². The first-order valence-corrected chi connectivity index (χ1v) is 7.64. The van der Waals surface area contributed by atoms with Crippen molar-refractivity contribution in [3.05, 3.63) is 53.7 Å². The minimum Gasteiger partial charge on any atom is -0.467 e. The molecule has 0 bridgehead atoms. The lowest BCUT2D eigenvalue weighted by Gasteiger charge is -2.16. The number of hydrogen-bond acceptors (Lipinski definition) is 4. The van der Waals surface area contributed by atoms with Gasteiger partial charge in [-0.25, -0.2) is 0 Å². The first-order chi connectivity index (χ1) is 11.1. The number of aromatic nitrogens is 1. The summed E-state index contributed by atoms with van der Waals surface area (Å²) in [5.41, 5.74) is 0.674. The van der Waals surface area contributed by atoms with Crippen molar-refractivity contribution >= 4 is 11.8 Å². The Morgan fingerprint density at radius 2 is 2.17 bits per heavy atom. The van der Waals surface area contributed by atoms with E-state index in [2.05, 4.69) is 17.2 Å². The number of unbranched alkanes of at least 4 members (excludes halogenated alkanes) is 1. The van der Waals surface area contributed by atoms with Gasteiger partial charge in [0.1, 0.15) is 11.5 Å². The average molecular weight is 315 g/mol. The van der Waals surface area contributed by atoms with E-state index < -0.39 is 0 Å². The van der Waals surface area contributed by atoms with Crippen LogP contribution in [-0.2, 0) is 6.54 Å². The molecule has 0 saturated carbocycles. The van der Waals surface area contributed by atoms with Gasteiger partial charge in [-0.15, -0.1) is 0 Å². The van der Waals surface area contributed by atoms with Gasteiger partial charge in [-0.05, 0) is 30.7 Å². The van der Waals surface area contributed by atoms with Gasteiger partial charge in [0.05, 0.1) is 12.8 Å². The third-order valence-corrected chi connectivity index (χ3v) is 3.44. The van der Waals surface area contributed by atoms with Gasteiger partial charge in [0.2, 0.25) is 0 Å². The molecule has 0 atom stereocenters. The molecule has 0 saturated heterocycles. The number of furan rings is 1. The average Bonchev–Trinajstić information content (AvgIpc) is 3.10. The largest absolute Gasteiger partial charge is 0.467 e. The second kappa shape index (κ2) is 8.12. The first kappa shape index (κ1) is 16.7. The molecule has 0 aliphatic carbocycles. The Morgan fingerprint density at radius 1 is 1.35 bits per heavy atom. The van der Waals surface area contributed by atoms with Crippen LogP contribution in [0.3, 0.4) is 0 Å². The van der Waals surface area contributed by atoms with E-state index in [0.29, 0.717) is 17.9 Å². The molecule has 0 fully saturated rings. The van der Waals surface area contributed by atoms with E-state index in [9.17, 15) is 9.59 Å². The van der Waals surface area contributed by atoms with E-state index >= 15 is 0 Å². The highest BCUT2D eigenvalue weighted by molar-refractivity contribution is 5.98. The Labute approximate surface area is 135 Å². The number of nitrogens with one attached hydrogen (secondary N) is 1. The number of amides is 2. The maximum Gasteiger partial charge on any atom is 0.270 e. The summed E-state index contributed by atoms with van der Waals surface area (Å²) >= 11 is 0. The summed E-state index contributed by atoms with van der Waals surface area (Å²) in [7, 11) is 1.76. The zero-order valence-electron chi connectivity index (χ0n) is 13.4. The molecule has 6 heteroatoms. The van der Waals surface area contributed by atoms with E-state index in [-0.39, 0.29) is 24.1 Å². The minimum absolute atomic E-state index is 0.110. The summed E-state index contributed by atoms with van der Waals surface area (Å²) in [6.07, 6.45) is 4.99. The van der Waals surface area contributed by atoms with Crippen molar-refractivity contribution in [3.63, 3.8) is 0 Å². The summed E-state index contributed by atoms with van der Waals surface area (Å²) in [6, 6.07) is 6.66. The number of carbonyl (C=O) groups is 2. The van der Waals surface area contributed by atoms with Crippen LogP contribution in [0.5, 0.6) is 0 Å². The highest BCUT2D eigenvalue weighted by Gasteiger charge is 2.15. The standard InChI is InChI=1S/C17H21N3O3/c1-3-4-9-20(2)17(22)13-7-8-18-15(11-13)16(21)19-12-14-6-5-10-23-14/h5-8,10-11H,3-4,9,12H2,1-2H3,(H,19,21). The molecule has 2 aromatic heterocycles. The molecular formula is C17H21N3O3. The van der Waals surface area contributed by atoms with E-state index in [4.69, 9.17) is 4.42 Å². The molecule has 1 N–H and O–H groups in total. The molecule has 0 radical (unpaired) electrons. The van der Waals surface area contributed by atoms with Gasteiger partial charge in [-0.1, -0.05) is 13.3 Å². The van der Waals surface area contributed by atoms with E-state index in [1.165, 1.54) is 12.3 Å². The van der Waals surface area contributed by atoms with Crippen LogP contribution in [0.15, 0.2) is 41.1 Å². The Balaban J connectivity index is 2.00. The quantitative estimate of drug-likeness (QED) is 0.851. The Bertz CT molecular complexity index is 653. The number of nitrogens with zero attached hydrogens (tertiary/aromatic N) is 2. The van der Waals surface area contributed by atoms with E-state index in [1.807, 2.05) is 0 Å². The lowest BCUT2D eigenvalue weighted by molar-refractivity contribution is 0.0793. The van der Waals surface area contributed by atoms with Crippen molar-refractivity contribution in [2.45, 2.75) is 26.3 Å². The molecule has 0 aliphatic rings. The molecule has 6 nitrogen and oxygen atoms in total. The Morgan fingerprint density at radius 3 is 2.87 bits per heavy atom. The first-order valence-electron chi connectivity index (χ1n) is 7.64. The topological polar surface area (TPSA) is 75.4 Å². The van der Waals surface area contributed by atoms with Crippen LogP contribution in [0.25, 0.3) is 0 Å². The normalized spacial score (nSPS) is 10.3. The van der Waals surface area contributed by atoms with E-state index in [1.54, 1.807) is 36.4 Å². The van der Waals surface area contributed by atoms with Gasteiger partial charge >= 0.3 is 0 Å². The molecular weight excluding hydrogens is 294 g/mol. The van der Waals surface area contributed by atoms with Crippen molar-refractivity contribution in [1.29, 1.82) is 0 Å². The number of rotatable bonds is 7. The van der Waals surface area contributed by atoms with Crippen LogP contribution in [0.2, 0.25) is 0 Å². The number of pyridine rings is 1. The summed E-state index contributed by atoms with van der Waals surface area (Å²) in [5.74, 6) is 0.207. The SMILES string of the molecule is CCCCN(C)C(=O)c1ccnc(C(=O)NCc2ccco2)c1. The summed E-state index contributed by atoms with van der Waals surface area (Å²) in [5, 5.41) is 2.71. The fraction of sp³-hybridized carbons (Fsp3) is 0.353. The van der Waals surface area contributed by atoms with Crippen LogP contribution < -0.4 is 5.32 Å². The van der Waals surface area contributed by atoms with Crippen LogP contribution in [-0.4, -0.2) is 35.3 Å². The monoisotopic (exact) mass is 315 g/mol. The zero-order chi connectivity index (χ0) is 16.7. The third kappa shape index (κ3) is 4.67. The number of hydrogen-bond donors (Lipinski definition) is 1. The Hall–Kier alpha value is -2.63. The second-order valence-corrected chi connectivity index (χ2v) is 5.27. The second-order valence-electron chi connectivity index (χ2n) is 5.27. The summed E-state index contributed by atoms with van der Waals surface area (Å²) < 4.78 is 5.15. The van der Waals surface area contributed by atoms with Crippen molar-refractivity contribution in [2.75, 3.05) is 13.6 Å². The molecule has 0 aliphatic heterocycles. The van der Waals surface area contributed by atoms with Gasteiger partial charge in [0.25, 0.3) is 11.8 Å². The van der Waals surface area contributed by atoms with Gasteiger partial charge in [0, 0.05) is 25.4 Å². The van der Waals surface area contributed by atoms with Gasteiger partial charge in [0.15, 0.2) is 0 Å². The molecule has 2 rings (SSSR count). The minimum atomic E-state index is -0.340. The van der Waals surface area contributed by atoms with Gasteiger partial charge in [-0.3, -0.25) is 14.6 Å². The van der Waals surface area contributed by atoms with Crippen molar-refractivity contribution in [3.8, 4) is 0 Å². The van der Waals surface area contributed by atoms with Gasteiger partial charge < -0.3 is 14.6 Å². The molecule has 0 aromatic carbocycles. The van der Waals surface area contributed by atoms with Crippen molar-refractivity contribution < 1.29 is 14.0 Å². The van der Waals surface area contributed by atoms with Crippen molar-refractivity contribution in [2.24, 2.45) is 0 Å². The smallest absolute Gasteiger partial charge is 0.270 e. The van der Waals surface area contributed by atoms with E-state index in [0.717, 1.165) is 12.8 Å². The summed E-state index contributed by atoms with van der Waals surface area (Å²) in [4.78, 5) is 30.1. The molecule has 122 valence electrons. The number of carbonyl (C=O) groups excluding carboxylic acids is 2. The molecule has 23 heavy (non-hydrogen) atoms. The van der Waals surface area contributed by atoms with Gasteiger partial charge in [-0.2, -0.15) is 0 Å². The lowest BCUT2D eigenvalue weighted by Crippen LogP contribution is -2.28. The predicted molar refractivity (Wildman–Crippen MR) is 86.0 cm³/mol. The molecule has 2 amide bonds. The van der Waals surface area contributed by atoms with Crippen LogP contribution >= 0.6 is 0 Å². The maximum atomic E-state index is 12.3. The molecule has 2 heterocycles. The van der Waals surface area contributed by atoms with Crippen LogP contribution in [0, 0.1) is 0 Å². The third-order valence-electron chi connectivity index (χ3n) is 3.44. The fourth-order valence-electron chi connectivity index (χ4n) is 2.08. The van der Waals surface area contributed by atoms with Crippen LogP contribution in [0.4, 0.5) is 0 Å². The maximum absolute atomic E-state index is 12.3. The lowest BCUT2D eigenvalue weighted by atomic mass is 10.2. The zero-order valence-corrected chi connectivity index (χ0v) is 13.4. The fourth-order valence-corrected chi connectivity index (χ4v) is 2.08. The van der Waals surface area contributed by atoms with Crippen LogP contribution in [0.1, 0.15) is 46.4 Å². The predicted octanol–water partition coefficient (Wildman–Crippen LogP) is 2.48.